The predicted octanol–water partition coefficient (Wildman–Crippen LogP) is 4.84. The van der Waals surface area contributed by atoms with Crippen LogP contribution in [0.25, 0.3) is 22.3 Å². The van der Waals surface area contributed by atoms with Crippen LogP contribution >= 0.6 is 0 Å². The van der Waals surface area contributed by atoms with Crippen LogP contribution < -0.4 is 20.1 Å². The number of rotatable bonds is 4. The Balaban J connectivity index is 1.40. The number of anilines is 2. The topological polar surface area (TPSA) is 103 Å². The van der Waals surface area contributed by atoms with Crippen molar-refractivity contribution in [3.8, 4) is 23.3 Å². The Bertz CT molecular complexity index is 1570. The first-order chi connectivity index (χ1) is 20.0. The molecule has 0 unspecified atom stereocenters. The predicted molar refractivity (Wildman–Crippen MR) is 144 cm³/mol. The second-order valence-electron chi connectivity index (χ2n) is 11.7. The van der Waals surface area contributed by atoms with Gasteiger partial charge in [0.15, 0.2) is 5.82 Å². The summed E-state index contributed by atoms with van der Waals surface area (Å²) in [7, 11) is 0. The van der Waals surface area contributed by atoms with Gasteiger partial charge in [-0.25, -0.2) is 18.7 Å². The van der Waals surface area contributed by atoms with E-state index < -0.39 is 40.7 Å². The highest BCUT2D eigenvalue weighted by Crippen LogP contribution is 2.45. The van der Waals surface area contributed by atoms with Gasteiger partial charge in [-0.1, -0.05) is 0 Å². The summed E-state index contributed by atoms with van der Waals surface area (Å²) >= 11 is 0. The van der Waals surface area contributed by atoms with E-state index in [0.29, 0.717) is 25.3 Å². The van der Waals surface area contributed by atoms with Crippen LogP contribution in [0.3, 0.4) is 0 Å². The van der Waals surface area contributed by atoms with Crippen molar-refractivity contribution in [2.75, 3.05) is 43.5 Å². The Labute approximate surface area is 238 Å². The number of hydrogen-bond donors (Lipinski definition) is 1. The lowest BCUT2D eigenvalue weighted by atomic mass is 9.95. The zero-order valence-electron chi connectivity index (χ0n) is 23.0. The van der Waals surface area contributed by atoms with E-state index in [1.165, 1.54) is 6.92 Å². The van der Waals surface area contributed by atoms with Crippen LogP contribution in [0.2, 0.25) is 0 Å². The molecule has 3 aromatic heterocycles. The quantitative estimate of drug-likeness (QED) is 0.427. The second-order valence-corrected chi connectivity index (χ2v) is 11.7. The van der Waals surface area contributed by atoms with Crippen LogP contribution in [0, 0.1) is 12.7 Å². The van der Waals surface area contributed by atoms with Crippen LogP contribution in [-0.4, -0.2) is 75.4 Å². The first-order valence-electron chi connectivity index (χ1n) is 14.2. The molecule has 224 valence electrons. The zero-order valence-corrected chi connectivity index (χ0v) is 23.0. The molecule has 3 atom stereocenters. The lowest BCUT2D eigenvalue weighted by molar-refractivity contribution is -0.137. The molecule has 2 N–H and O–H groups in total. The molecule has 7 heterocycles. The zero-order chi connectivity index (χ0) is 29.4. The van der Waals surface area contributed by atoms with E-state index in [9.17, 15) is 17.6 Å². The van der Waals surface area contributed by atoms with Crippen LogP contribution in [0.1, 0.15) is 49.7 Å². The average molecular weight is 592 g/mol. The van der Waals surface area contributed by atoms with Gasteiger partial charge < -0.3 is 20.1 Å². The number of pyridine rings is 2. The van der Waals surface area contributed by atoms with Crippen molar-refractivity contribution in [2.45, 2.75) is 69.4 Å². The molecule has 14 heteroatoms. The summed E-state index contributed by atoms with van der Waals surface area (Å²) in [5.41, 5.74) is 2.25. The number of nitrogen functional groups attached to an aromatic ring is 1. The normalized spacial score (nSPS) is 25.7. The maximum atomic E-state index is 16.5. The van der Waals surface area contributed by atoms with E-state index in [1.807, 2.05) is 4.90 Å². The van der Waals surface area contributed by atoms with Gasteiger partial charge in [-0.15, -0.1) is 0 Å². The van der Waals surface area contributed by atoms with E-state index in [1.54, 1.807) is 0 Å². The fourth-order valence-electron chi connectivity index (χ4n) is 7.14. The molecule has 0 spiro atoms. The summed E-state index contributed by atoms with van der Waals surface area (Å²) in [4.78, 5) is 21.3. The minimum atomic E-state index is -4.86. The first-order valence-corrected chi connectivity index (χ1v) is 14.2. The Hall–Kier alpha value is -3.55. The third-order valence-corrected chi connectivity index (χ3v) is 9.00. The number of aromatic nitrogens is 4. The molecule has 0 saturated carbocycles. The molecule has 0 aliphatic carbocycles. The van der Waals surface area contributed by atoms with Crippen LogP contribution in [0.5, 0.6) is 11.9 Å². The van der Waals surface area contributed by atoms with Crippen LogP contribution in [0.4, 0.5) is 33.6 Å². The Kier molecular flexibility index (Phi) is 6.33. The van der Waals surface area contributed by atoms with Crippen molar-refractivity contribution < 1.29 is 31.4 Å². The van der Waals surface area contributed by atoms with Crippen molar-refractivity contribution in [3.63, 3.8) is 0 Å². The fourth-order valence-corrected chi connectivity index (χ4v) is 7.14. The highest BCUT2D eigenvalue weighted by molar-refractivity contribution is 5.97. The molecular weight excluding hydrogens is 561 g/mol. The molecular formula is C28H30F5N7O2. The van der Waals surface area contributed by atoms with Gasteiger partial charge in [-0.3, -0.25) is 4.90 Å². The standard InChI is InChI=1S/C28H30F5N7O2/c1-14-9-17(34)35-22(19(14)28(31,32)33)23-20(30)21-18-24(40-8-3-2-5-16(40)12-41-25(18)36-23)38-26(37-21)42-13-27-6-4-7-39(27)11-15(29)10-27/h9,15-16H,2-8,10-13H2,1H3,(H2,34,35)/t15-,16+,27+/m1/s1. The maximum absolute atomic E-state index is 16.5. The van der Waals surface area contributed by atoms with Crippen molar-refractivity contribution in [3.05, 3.63) is 23.0 Å². The minimum Gasteiger partial charge on any atom is -0.475 e. The number of hydrogen-bond acceptors (Lipinski definition) is 9. The van der Waals surface area contributed by atoms with Crippen molar-refractivity contribution in [2.24, 2.45) is 0 Å². The lowest BCUT2D eigenvalue weighted by Gasteiger charge is -2.35. The van der Waals surface area contributed by atoms with E-state index >= 15 is 4.39 Å². The van der Waals surface area contributed by atoms with Crippen molar-refractivity contribution in [1.29, 1.82) is 0 Å². The van der Waals surface area contributed by atoms with Gasteiger partial charge in [0.05, 0.1) is 17.1 Å². The summed E-state index contributed by atoms with van der Waals surface area (Å²) < 4.78 is 85.5. The van der Waals surface area contributed by atoms with Crippen molar-refractivity contribution in [1.82, 2.24) is 24.8 Å². The van der Waals surface area contributed by atoms with Gasteiger partial charge in [-0.2, -0.15) is 23.1 Å². The lowest BCUT2D eigenvalue weighted by Crippen LogP contribution is -2.44. The highest BCUT2D eigenvalue weighted by atomic mass is 19.4. The summed E-state index contributed by atoms with van der Waals surface area (Å²) in [5.74, 6) is -1.05. The molecule has 0 amide bonds. The maximum Gasteiger partial charge on any atom is 0.418 e. The van der Waals surface area contributed by atoms with Crippen molar-refractivity contribution >= 4 is 22.5 Å². The van der Waals surface area contributed by atoms with Gasteiger partial charge >= 0.3 is 12.2 Å². The first kappa shape index (κ1) is 27.3. The third-order valence-electron chi connectivity index (χ3n) is 9.00. The molecule has 0 aromatic carbocycles. The molecule has 9 nitrogen and oxygen atoms in total. The molecule has 3 fully saturated rings. The summed E-state index contributed by atoms with van der Waals surface area (Å²) in [5, 5.41) is 0.160. The molecule has 42 heavy (non-hydrogen) atoms. The van der Waals surface area contributed by atoms with Crippen LogP contribution in [-0.2, 0) is 6.18 Å². The number of piperidine rings is 1. The molecule has 3 aromatic rings. The Morgan fingerprint density at radius 1 is 1.12 bits per heavy atom. The molecule has 4 aliphatic heterocycles. The highest BCUT2D eigenvalue weighted by Gasteiger charge is 2.49. The average Bonchev–Trinajstić information content (AvgIpc) is 3.40. The molecule has 7 rings (SSSR count). The number of nitrogens with zero attached hydrogens (tertiary/aromatic N) is 6. The fraction of sp³-hybridized carbons (Fsp3) is 0.571. The third kappa shape index (κ3) is 4.36. The monoisotopic (exact) mass is 591 g/mol. The van der Waals surface area contributed by atoms with E-state index in [0.717, 1.165) is 44.7 Å². The Morgan fingerprint density at radius 3 is 2.76 bits per heavy atom. The smallest absolute Gasteiger partial charge is 0.418 e. The number of ether oxygens (including phenoxy) is 2. The van der Waals surface area contributed by atoms with Gasteiger partial charge in [0.25, 0.3) is 0 Å². The van der Waals surface area contributed by atoms with E-state index in [-0.39, 0.29) is 53.4 Å². The number of nitrogens with two attached hydrogens (primary N) is 1. The number of fused-ring (bicyclic) bond motifs is 3. The summed E-state index contributed by atoms with van der Waals surface area (Å²) in [6.07, 6.45) is -1.22. The van der Waals surface area contributed by atoms with Crippen LogP contribution in [0.15, 0.2) is 6.07 Å². The SMILES string of the molecule is Cc1cc(N)nc(-c2nc3c4c(nc(OC[C@@]56CCCN5C[C@H](F)C6)nc4c2F)N2CCCC[C@H]2CO3)c1C(F)(F)F. The van der Waals surface area contributed by atoms with E-state index in [2.05, 4.69) is 24.8 Å². The Morgan fingerprint density at radius 2 is 1.95 bits per heavy atom. The van der Waals surface area contributed by atoms with Gasteiger partial charge in [0.1, 0.15) is 53.3 Å². The number of alkyl halides is 4. The molecule has 0 radical (unpaired) electrons. The van der Waals surface area contributed by atoms with E-state index in [4.69, 9.17) is 15.2 Å². The molecule has 0 bridgehead atoms. The molecule has 3 saturated heterocycles. The largest absolute Gasteiger partial charge is 0.475 e. The second kappa shape index (κ2) is 9.75. The van der Waals surface area contributed by atoms with Gasteiger partial charge in [0, 0.05) is 19.5 Å². The number of aryl methyl sites for hydroxylation is 1. The summed E-state index contributed by atoms with van der Waals surface area (Å²) in [6.45, 7) is 3.25. The number of halogens is 5. The minimum absolute atomic E-state index is 0.0797. The van der Waals surface area contributed by atoms with Gasteiger partial charge in [-0.05, 0) is 57.2 Å². The summed E-state index contributed by atoms with van der Waals surface area (Å²) in [6, 6.07) is 0.842. The van der Waals surface area contributed by atoms with Gasteiger partial charge in [0.2, 0.25) is 5.88 Å². The molecule has 4 aliphatic rings.